The highest BCUT2D eigenvalue weighted by molar-refractivity contribution is 7.98. The van der Waals surface area contributed by atoms with Crippen LogP contribution in [0.4, 0.5) is 13.2 Å². The number of ether oxygens (including phenoxy) is 1. The lowest BCUT2D eigenvalue weighted by atomic mass is 10.2. The lowest BCUT2D eigenvalue weighted by Crippen LogP contribution is -2.17. The summed E-state index contributed by atoms with van der Waals surface area (Å²) in [5.74, 6) is -0.171. The minimum atomic E-state index is -4.67. The average Bonchev–Trinajstić information content (AvgIpc) is 2.59. The summed E-state index contributed by atoms with van der Waals surface area (Å²) in [5, 5.41) is 0.465. The maximum atomic E-state index is 12.2. The first-order valence-electron chi connectivity index (χ1n) is 4.41. The van der Waals surface area contributed by atoms with Gasteiger partial charge in [0.2, 0.25) is 0 Å². The van der Waals surface area contributed by atoms with E-state index < -0.39 is 6.36 Å². The van der Waals surface area contributed by atoms with E-state index in [0.29, 0.717) is 10.9 Å². The molecule has 0 spiro atoms. The van der Waals surface area contributed by atoms with Gasteiger partial charge in [-0.1, -0.05) is 6.07 Å². The van der Waals surface area contributed by atoms with Gasteiger partial charge in [-0.15, -0.1) is 24.9 Å². The Labute approximate surface area is 93.8 Å². The van der Waals surface area contributed by atoms with Crippen LogP contribution in [0.1, 0.15) is 0 Å². The van der Waals surface area contributed by atoms with Crippen LogP contribution in [-0.2, 0) is 0 Å². The van der Waals surface area contributed by atoms with E-state index in [2.05, 4.69) is 9.72 Å². The Morgan fingerprint density at radius 2 is 2.06 bits per heavy atom. The maximum Gasteiger partial charge on any atom is 0.573 e. The first-order chi connectivity index (χ1) is 7.51. The molecule has 0 atom stereocenters. The van der Waals surface area contributed by atoms with Crippen molar-refractivity contribution in [2.45, 2.75) is 11.3 Å². The first-order valence-corrected chi connectivity index (χ1v) is 5.63. The number of alkyl halides is 3. The quantitative estimate of drug-likeness (QED) is 0.817. The summed E-state index contributed by atoms with van der Waals surface area (Å²) in [6.07, 6.45) is -1.20. The third-order valence-electron chi connectivity index (χ3n) is 2.08. The Morgan fingerprint density at radius 1 is 1.31 bits per heavy atom. The molecule has 0 unspecified atom stereocenters. The van der Waals surface area contributed by atoms with Crippen LogP contribution in [-0.4, -0.2) is 17.6 Å². The fourth-order valence-corrected chi connectivity index (χ4v) is 2.08. The van der Waals surface area contributed by atoms with Crippen LogP contribution in [0.5, 0.6) is 5.75 Å². The molecular weight excluding hydrogens is 239 g/mol. The number of hydrogen-bond donors (Lipinski definition) is 1. The van der Waals surface area contributed by atoms with E-state index in [1.54, 1.807) is 18.5 Å². The Hall–Kier alpha value is -1.30. The van der Waals surface area contributed by atoms with E-state index in [1.807, 2.05) is 0 Å². The molecule has 0 aliphatic carbocycles. The van der Waals surface area contributed by atoms with Gasteiger partial charge >= 0.3 is 6.36 Å². The summed E-state index contributed by atoms with van der Waals surface area (Å²) in [6.45, 7) is 0. The minimum absolute atomic E-state index is 0.171. The van der Waals surface area contributed by atoms with E-state index >= 15 is 0 Å². The molecule has 2 nitrogen and oxygen atoms in total. The van der Waals surface area contributed by atoms with Crippen LogP contribution in [0.15, 0.2) is 29.3 Å². The molecule has 1 aromatic carbocycles. The molecule has 1 heterocycles. The summed E-state index contributed by atoms with van der Waals surface area (Å²) >= 11 is 1.37. The van der Waals surface area contributed by atoms with Gasteiger partial charge in [0, 0.05) is 11.1 Å². The van der Waals surface area contributed by atoms with Gasteiger partial charge in [0.1, 0.15) is 5.75 Å². The van der Waals surface area contributed by atoms with E-state index in [0.717, 1.165) is 4.90 Å². The highest BCUT2D eigenvalue weighted by Crippen LogP contribution is 2.36. The first kappa shape index (κ1) is 11.2. The van der Waals surface area contributed by atoms with Gasteiger partial charge in [-0.3, -0.25) is 0 Å². The molecule has 0 aliphatic heterocycles. The molecule has 0 amide bonds. The fraction of sp³-hybridized carbons (Fsp3) is 0.200. The molecule has 0 bridgehead atoms. The van der Waals surface area contributed by atoms with Gasteiger partial charge in [-0.05, 0) is 18.4 Å². The van der Waals surface area contributed by atoms with Gasteiger partial charge in [-0.2, -0.15) is 0 Å². The molecule has 86 valence electrons. The van der Waals surface area contributed by atoms with Crippen molar-refractivity contribution in [3.8, 4) is 5.75 Å². The molecule has 0 aliphatic rings. The fourth-order valence-electron chi connectivity index (χ4n) is 1.49. The molecule has 0 saturated heterocycles. The SMILES string of the molecule is CSc1c[nH]c2cccc(OC(F)(F)F)c12. The summed E-state index contributed by atoms with van der Waals surface area (Å²) in [6, 6.07) is 4.53. The summed E-state index contributed by atoms with van der Waals surface area (Å²) < 4.78 is 40.5. The number of hydrogen-bond acceptors (Lipinski definition) is 2. The number of thioether (sulfide) groups is 1. The summed E-state index contributed by atoms with van der Waals surface area (Å²) in [5.41, 5.74) is 0.631. The molecule has 2 rings (SSSR count). The molecule has 16 heavy (non-hydrogen) atoms. The molecule has 1 N–H and O–H groups in total. The van der Waals surface area contributed by atoms with Gasteiger partial charge in [0.25, 0.3) is 0 Å². The molecule has 1 aromatic heterocycles. The molecule has 0 radical (unpaired) electrons. The minimum Gasteiger partial charge on any atom is -0.405 e. The van der Waals surface area contributed by atoms with Crippen LogP contribution in [0.3, 0.4) is 0 Å². The number of rotatable bonds is 2. The number of H-pyrrole nitrogens is 1. The van der Waals surface area contributed by atoms with Gasteiger partial charge in [0.15, 0.2) is 0 Å². The smallest absolute Gasteiger partial charge is 0.405 e. The predicted octanol–water partition coefficient (Wildman–Crippen LogP) is 3.79. The van der Waals surface area contributed by atoms with Crippen LogP contribution in [0.25, 0.3) is 10.9 Å². The normalized spacial score (nSPS) is 12.0. The standard InChI is InChI=1S/C10H8F3NOS/c1-16-8-5-14-6-3-2-4-7(9(6)8)15-10(11,12)13/h2-5,14H,1H3. The van der Waals surface area contributed by atoms with E-state index in [4.69, 9.17) is 0 Å². The number of halogens is 3. The van der Waals surface area contributed by atoms with Crippen LogP contribution in [0.2, 0.25) is 0 Å². The zero-order valence-electron chi connectivity index (χ0n) is 8.26. The van der Waals surface area contributed by atoms with E-state index in [9.17, 15) is 13.2 Å². The van der Waals surface area contributed by atoms with Crippen molar-refractivity contribution in [3.63, 3.8) is 0 Å². The second-order valence-corrected chi connectivity index (χ2v) is 3.93. The highest BCUT2D eigenvalue weighted by atomic mass is 32.2. The van der Waals surface area contributed by atoms with Crippen molar-refractivity contribution >= 4 is 22.7 Å². The molecular formula is C10H8F3NOS. The van der Waals surface area contributed by atoms with Gasteiger partial charge in [-0.25, -0.2) is 0 Å². The topological polar surface area (TPSA) is 25.0 Å². The van der Waals surface area contributed by atoms with Crippen LogP contribution in [0, 0.1) is 0 Å². The lowest BCUT2D eigenvalue weighted by Gasteiger charge is -2.10. The number of nitrogens with one attached hydrogen (secondary N) is 1. The Morgan fingerprint density at radius 3 is 2.69 bits per heavy atom. The number of fused-ring (bicyclic) bond motifs is 1. The van der Waals surface area contributed by atoms with Crippen molar-refractivity contribution in [2.24, 2.45) is 0 Å². The lowest BCUT2D eigenvalue weighted by molar-refractivity contribution is -0.274. The highest BCUT2D eigenvalue weighted by Gasteiger charge is 2.32. The van der Waals surface area contributed by atoms with E-state index in [1.165, 1.54) is 23.9 Å². The van der Waals surface area contributed by atoms with Crippen molar-refractivity contribution in [3.05, 3.63) is 24.4 Å². The Bertz CT molecular complexity index is 506. The molecule has 6 heteroatoms. The van der Waals surface area contributed by atoms with Gasteiger partial charge < -0.3 is 9.72 Å². The second-order valence-electron chi connectivity index (χ2n) is 3.08. The molecule has 0 fully saturated rings. The number of benzene rings is 1. The third kappa shape index (κ3) is 2.11. The Kier molecular flexibility index (Phi) is 2.75. The zero-order valence-corrected chi connectivity index (χ0v) is 9.08. The summed E-state index contributed by atoms with van der Waals surface area (Å²) in [7, 11) is 0. The third-order valence-corrected chi connectivity index (χ3v) is 2.84. The number of aromatic nitrogens is 1. The molecule has 0 saturated carbocycles. The van der Waals surface area contributed by atoms with Gasteiger partial charge in [0.05, 0.1) is 10.9 Å². The van der Waals surface area contributed by atoms with Crippen molar-refractivity contribution < 1.29 is 17.9 Å². The number of aromatic amines is 1. The second kappa shape index (κ2) is 3.93. The molecule has 2 aromatic rings. The predicted molar refractivity (Wildman–Crippen MR) is 56.8 cm³/mol. The van der Waals surface area contributed by atoms with E-state index in [-0.39, 0.29) is 5.75 Å². The average molecular weight is 247 g/mol. The maximum absolute atomic E-state index is 12.2. The van der Waals surface area contributed by atoms with Crippen molar-refractivity contribution in [1.82, 2.24) is 4.98 Å². The van der Waals surface area contributed by atoms with Crippen molar-refractivity contribution in [1.29, 1.82) is 0 Å². The van der Waals surface area contributed by atoms with Crippen LogP contribution >= 0.6 is 11.8 Å². The zero-order chi connectivity index (χ0) is 11.8. The largest absolute Gasteiger partial charge is 0.573 e. The van der Waals surface area contributed by atoms with Crippen LogP contribution < -0.4 is 4.74 Å². The Balaban J connectivity index is 2.55. The monoisotopic (exact) mass is 247 g/mol. The van der Waals surface area contributed by atoms with Crippen molar-refractivity contribution in [2.75, 3.05) is 6.26 Å². The summed E-state index contributed by atoms with van der Waals surface area (Å²) in [4.78, 5) is 3.63.